The Bertz CT molecular complexity index is 979. The van der Waals surface area contributed by atoms with Crippen molar-refractivity contribution >= 4 is 36.5 Å². The summed E-state index contributed by atoms with van der Waals surface area (Å²) >= 11 is 0. The highest BCUT2D eigenvalue weighted by molar-refractivity contribution is 5.91. The molecule has 3 aromatic rings. The average Bonchev–Trinajstić information content (AvgIpc) is 3.28. The Balaban J connectivity index is 0.00000171. The number of nitrogens with two attached hydrogens (primary N) is 1. The van der Waals surface area contributed by atoms with Gasteiger partial charge in [0.15, 0.2) is 0 Å². The Kier molecular flexibility index (Phi) is 9.07. The number of carbonyl (C=O) groups is 1. The number of aromatic nitrogens is 2. The quantitative estimate of drug-likeness (QED) is 0.589. The van der Waals surface area contributed by atoms with Crippen LogP contribution in [0.4, 0.5) is 5.82 Å². The van der Waals surface area contributed by atoms with Gasteiger partial charge in [-0.2, -0.15) is 5.10 Å². The second-order valence-electron chi connectivity index (χ2n) is 7.79. The lowest BCUT2D eigenvalue weighted by Gasteiger charge is -2.16. The molecule has 2 aromatic carbocycles. The third kappa shape index (κ3) is 6.31. The lowest BCUT2D eigenvalue weighted by atomic mass is 9.95. The maximum atomic E-state index is 12.6. The summed E-state index contributed by atoms with van der Waals surface area (Å²) in [6.45, 7) is 4.52. The number of carbonyl (C=O) groups excluding carboxylic acids is 1. The van der Waals surface area contributed by atoms with Crippen molar-refractivity contribution in [2.45, 2.75) is 25.4 Å². The minimum atomic E-state index is -0.0445. The highest BCUT2D eigenvalue weighted by atomic mass is 35.5. The van der Waals surface area contributed by atoms with E-state index in [4.69, 9.17) is 5.73 Å². The van der Waals surface area contributed by atoms with Gasteiger partial charge in [0, 0.05) is 31.1 Å². The van der Waals surface area contributed by atoms with Crippen molar-refractivity contribution < 1.29 is 4.79 Å². The van der Waals surface area contributed by atoms with Crippen molar-refractivity contribution in [1.29, 1.82) is 0 Å². The van der Waals surface area contributed by atoms with Crippen LogP contribution in [0, 0.1) is 6.92 Å². The fraction of sp³-hybridized carbons (Fsp3) is 0.304. The van der Waals surface area contributed by atoms with E-state index >= 15 is 0 Å². The van der Waals surface area contributed by atoms with E-state index in [1.165, 1.54) is 11.1 Å². The van der Waals surface area contributed by atoms with E-state index in [-0.39, 0.29) is 42.7 Å². The van der Waals surface area contributed by atoms with Crippen LogP contribution in [0.5, 0.6) is 0 Å². The molecule has 1 saturated heterocycles. The third-order valence-electron chi connectivity index (χ3n) is 5.43. The monoisotopic (exact) mass is 461 g/mol. The molecule has 31 heavy (non-hydrogen) atoms. The molecular formula is C23H29Cl2N5O. The van der Waals surface area contributed by atoms with Gasteiger partial charge in [0.05, 0.1) is 19.3 Å². The standard InChI is InChI=1S/C23H27N5O.2ClH/c1-17-6-5-7-18(12-17)13-28-22(10-11-25-28)26-23(29)16-27-14-20(21(24)15-27)19-8-3-2-4-9-19;;/h2-12,20-21H,13-16,24H2,1H3,(H,26,29);2*1H/t20-,21+;;/m0../s1. The van der Waals surface area contributed by atoms with Gasteiger partial charge < -0.3 is 11.1 Å². The van der Waals surface area contributed by atoms with Crippen molar-refractivity contribution in [1.82, 2.24) is 14.7 Å². The highest BCUT2D eigenvalue weighted by Gasteiger charge is 2.32. The van der Waals surface area contributed by atoms with Gasteiger partial charge in [-0.25, -0.2) is 4.68 Å². The fourth-order valence-corrected chi connectivity index (χ4v) is 4.03. The molecule has 4 rings (SSSR count). The van der Waals surface area contributed by atoms with Crippen LogP contribution in [0.15, 0.2) is 66.9 Å². The van der Waals surface area contributed by atoms with Crippen LogP contribution >= 0.6 is 24.8 Å². The summed E-state index contributed by atoms with van der Waals surface area (Å²) in [5, 5.41) is 7.36. The summed E-state index contributed by atoms with van der Waals surface area (Å²) < 4.78 is 1.81. The molecule has 0 spiro atoms. The molecule has 1 aliphatic rings. The number of nitrogens with one attached hydrogen (secondary N) is 1. The smallest absolute Gasteiger partial charge is 0.239 e. The Morgan fingerprint density at radius 2 is 1.87 bits per heavy atom. The van der Waals surface area contributed by atoms with E-state index in [1.54, 1.807) is 6.20 Å². The molecule has 1 aromatic heterocycles. The lowest BCUT2D eigenvalue weighted by molar-refractivity contribution is -0.117. The van der Waals surface area contributed by atoms with E-state index in [1.807, 2.05) is 35.0 Å². The number of nitrogens with zero attached hydrogens (tertiary/aromatic N) is 3. The maximum Gasteiger partial charge on any atom is 0.239 e. The minimum Gasteiger partial charge on any atom is -0.326 e. The van der Waals surface area contributed by atoms with Gasteiger partial charge in [-0.15, -0.1) is 24.8 Å². The highest BCUT2D eigenvalue weighted by Crippen LogP contribution is 2.26. The Morgan fingerprint density at radius 3 is 2.61 bits per heavy atom. The molecule has 0 bridgehead atoms. The van der Waals surface area contributed by atoms with Crippen LogP contribution in [-0.4, -0.2) is 46.3 Å². The zero-order chi connectivity index (χ0) is 20.2. The fourth-order valence-electron chi connectivity index (χ4n) is 4.03. The van der Waals surface area contributed by atoms with Gasteiger partial charge in [0.1, 0.15) is 5.82 Å². The predicted molar refractivity (Wildman–Crippen MR) is 129 cm³/mol. The number of halogens is 2. The second-order valence-corrected chi connectivity index (χ2v) is 7.79. The number of likely N-dealkylation sites (tertiary alicyclic amines) is 1. The number of hydrogen-bond acceptors (Lipinski definition) is 4. The maximum absolute atomic E-state index is 12.6. The first kappa shape index (κ1) is 24.9. The van der Waals surface area contributed by atoms with Gasteiger partial charge in [-0.3, -0.25) is 9.69 Å². The first-order valence-electron chi connectivity index (χ1n) is 9.98. The van der Waals surface area contributed by atoms with Crippen molar-refractivity contribution in [2.24, 2.45) is 5.73 Å². The molecule has 1 fully saturated rings. The summed E-state index contributed by atoms with van der Waals surface area (Å²) in [7, 11) is 0. The van der Waals surface area contributed by atoms with Gasteiger partial charge in [0.25, 0.3) is 0 Å². The summed E-state index contributed by atoms with van der Waals surface area (Å²) in [6.07, 6.45) is 1.71. The molecule has 0 saturated carbocycles. The van der Waals surface area contributed by atoms with E-state index in [0.29, 0.717) is 18.9 Å². The van der Waals surface area contributed by atoms with Gasteiger partial charge in [-0.05, 0) is 18.1 Å². The second kappa shape index (κ2) is 11.3. The summed E-state index contributed by atoms with van der Waals surface area (Å²) in [6, 6.07) is 20.5. The van der Waals surface area contributed by atoms with Crippen LogP contribution < -0.4 is 11.1 Å². The molecule has 3 N–H and O–H groups in total. The van der Waals surface area contributed by atoms with Gasteiger partial charge in [0.2, 0.25) is 5.91 Å². The third-order valence-corrected chi connectivity index (χ3v) is 5.43. The van der Waals surface area contributed by atoms with Crippen LogP contribution in [-0.2, 0) is 11.3 Å². The first-order valence-corrected chi connectivity index (χ1v) is 9.98. The number of benzene rings is 2. The van der Waals surface area contributed by atoms with Crippen LogP contribution in [0.25, 0.3) is 0 Å². The minimum absolute atomic E-state index is 0. The van der Waals surface area contributed by atoms with Crippen molar-refractivity contribution in [2.75, 3.05) is 25.0 Å². The molecular weight excluding hydrogens is 433 g/mol. The molecule has 0 radical (unpaired) electrons. The van der Waals surface area contributed by atoms with Crippen LogP contribution in [0.2, 0.25) is 0 Å². The largest absolute Gasteiger partial charge is 0.326 e. The topological polar surface area (TPSA) is 76.2 Å². The van der Waals surface area contributed by atoms with Gasteiger partial charge >= 0.3 is 0 Å². The number of amides is 1. The predicted octanol–water partition coefficient (Wildman–Crippen LogP) is 3.45. The zero-order valence-electron chi connectivity index (χ0n) is 17.5. The van der Waals surface area contributed by atoms with Crippen LogP contribution in [0.3, 0.4) is 0 Å². The normalized spacial score (nSPS) is 18.1. The van der Waals surface area contributed by atoms with E-state index in [9.17, 15) is 4.79 Å². The molecule has 1 aliphatic heterocycles. The summed E-state index contributed by atoms with van der Waals surface area (Å²) in [4.78, 5) is 14.8. The number of hydrogen-bond donors (Lipinski definition) is 2. The average molecular weight is 462 g/mol. The zero-order valence-corrected chi connectivity index (χ0v) is 19.1. The molecule has 0 aliphatic carbocycles. The SMILES string of the molecule is Cc1cccc(Cn2nccc2NC(=O)CN2C[C@@H](N)[C@H](c3ccccc3)C2)c1.Cl.Cl. The number of aryl methyl sites for hydroxylation is 1. The van der Waals surface area contributed by atoms with E-state index in [2.05, 4.69) is 52.6 Å². The van der Waals surface area contributed by atoms with Gasteiger partial charge in [-0.1, -0.05) is 60.2 Å². The Morgan fingerprint density at radius 1 is 1.10 bits per heavy atom. The molecule has 6 nitrogen and oxygen atoms in total. The molecule has 0 unspecified atom stereocenters. The summed E-state index contributed by atoms with van der Waals surface area (Å²) in [5.41, 5.74) is 9.94. The number of rotatable bonds is 6. The van der Waals surface area contributed by atoms with Crippen molar-refractivity contribution in [3.05, 3.63) is 83.6 Å². The molecule has 166 valence electrons. The Hall–Kier alpha value is -2.38. The van der Waals surface area contributed by atoms with Crippen molar-refractivity contribution in [3.63, 3.8) is 0 Å². The molecule has 2 heterocycles. The number of anilines is 1. The molecule has 8 heteroatoms. The van der Waals surface area contributed by atoms with E-state index < -0.39 is 0 Å². The molecule has 1 amide bonds. The first-order chi connectivity index (χ1) is 14.1. The Labute approximate surface area is 195 Å². The van der Waals surface area contributed by atoms with Crippen molar-refractivity contribution in [3.8, 4) is 0 Å². The van der Waals surface area contributed by atoms with Crippen LogP contribution in [0.1, 0.15) is 22.6 Å². The summed E-state index contributed by atoms with van der Waals surface area (Å²) in [5.74, 6) is 0.923. The molecule has 2 atom stereocenters. The lowest BCUT2D eigenvalue weighted by Crippen LogP contribution is -2.34. The van der Waals surface area contributed by atoms with E-state index in [0.717, 1.165) is 18.7 Å².